The topological polar surface area (TPSA) is 40.5 Å². The molecule has 0 aromatic heterocycles. The minimum absolute atomic E-state index is 0.297. The summed E-state index contributed by atoms with van der Waals surface area (Å²) in [5, 5.41) is 8.76. The van der Waals surface area contributed by atoms with E-state index in [4.69, 9.17) is 5.11 Å². The summed E-state index contributed by atoms with van der Waals surface area (Å²) >= 11 is 0. The van der Waals surface area contributed by atoms with Crippen molar-refractivity contribution in [3.05, 3.63) is 11.6 Å². The van der Waals surface area contributed by atoms with Crippen molar-refractivity contribution in [3.63, 3.8) is 0 Å². The molecule has 1 unspecified atom stereocenters. The summed E-state index contributed by atoms with van der Waals surface area (Å²) in [5.41, 5.74) is 0.982. The van der Waals surface area contributed by atoms with Crippen LogP contribution in [0.5, 0.6) is 0 Å². The van der Waals surface area contributed by atoms with Crippen LogP contribution in [0.2, 0.25) is 0 Å². The molecule has 62 valence electrons. The van der Waals surface area contributed by atoms with Crippen molar-refractivity contribution in [1.82, 2.24) is 4.90 Å². The monoisotopic (exact) mass is 155 g/mol. The average molecular weight is 155 g/mol. The van der Waals surface area contributed by atoms with Crippen LogP contribution in [0.25, 0.3) is 0 Å². The molecule has 0 saturated carbocycles. The molecule has 3 heteroatoms. The Bertz CT molecular complexity index is 198. The van der Waals surface area contributed by atoms with Crippen LogP contribution in [0, 0.1) is 5.92 Å². The fourth-order valence-electron chi connectivity index (χ4n) is 1.25. The standard InChI is InChI=1S/C8H13NO2/c1-6-3-4-9(2)5-7(6)8(10)11/h3,7H,4-5H2,1-2H3,(H,10,11). The van der Waals surface area contributed by atoms with Crippen LogP contribution in [0.3, 0.4) is 0 Å². The number of likely N-dealkylation sites (N-methyl/N-ethyl adjacent to an activating group) is 1. The van der Waals surface area contributed by atoms with Crippen LogP contribution in [-0.2, 0) is 4.79 Å². The molecular formula is C8H13NO2. The van der Waals surface area contributed by atoms with Crippen molar-refractivity contribution in [2.24, 2.45) is 5.92 Å². The largest absolute Gasteiger partial charge is 0.481 e. The van der Waals surface area contributed by atoms with Gasteiger partial charge >= 0.3 is 5.97 Å². The highest BCUT2D eigenvalue weighted by Gasteiger charge is 2.23. The van der Waals surface area contributed by atoms with Crippen molar-refractivity contribution in [2.45, 2.75) is 6.92 Å². The maximum absolute atomic E-state index is 10.6. The average Bonchev–Trinajstić information content (AvgIpc) is 1.94. The van der Waals surface area contributed by atoms with Gasteiger partial charge in [0.2, 0.25) is 0 Å². The lowest BCUT2D eigenvalue weighted by Gasteiger charge is -2.25. The molecule has 0 aromatic rings. The van der Waals surface area contributed by atoms with Crippen molar-refractivity contribution in [2.75, 3.05) is 20.1 Å². The van der Waals surface area contributed by atoms with Gasteiger partial charge in [-0.05, 0) is 14.0 Å². The number of hydrogen-bond donors (Lipinski definition) is 1. The van der Waals surface area contributed by atoms with E-state index in [0.717, 1.165) is 12.1 Å². The quantitative estimate of drug-likeness (QED) is 0.563. The maximum atomic E-state index is 10.6. The molecular weight excluding hydrogens is 142 g/mol. The molecule has 0 radical (unpaired) electrons. The second-order valence-corrected chi connectivity index (χ2v) is 3.06. The minimum atomic E-state index is -0.717. The summed E-state index contributed by atoms with van der Waals surface area (Å²) in [5.74, 6) is -1.01. The van der Waals surface area contributed by atoms with E-state index >= 15 is 0 Å². The molecule has 1 aliphatic rings. The molecule has 1 heterocycles. The van der Waals surface area contributed by atoms with E-state index in [1.165, 1.54) is 0 Å². The van der Waals surface area contributed by atoms with Crippen LogP contribution < -0.4 is 0 Å². The van der Waals surface area contributed by atoms with E-state index in [0.29, 0.717) is 6.54 Å². The van der Waals surface area contributed by atoms with E-state index in [1.807, 2.05) is 24.9 Å². The summed E-state index contributed by atoms with van der Waals surface area (Å²) in [6.45, 7) is 3.39. The zero-order valence-corrected chi connectivity index (χ0v) is 6.87. The van der Waals surface area contributed by atoms with E-state index in [9.17, 15) is 4.79 Å². The minimum Gasteiger partial charge on any atom is -0.481 e. The number of carbonyl (C=O) groups is 1. The molecule has 0 saturated heterocycles. The SMILES string of the molecule is CC1=CCN(C)CC1C(=O)O. The summed E-state index contributed by atoms with van der Waals surface area (Å²) in [6, 6.07) is 0. The summed E-state index contributed by atoms with van der Waals surface area (Å²) < 4.78 is 0. The first-order valence-electron chi connectivity index (χ1n) is 3.69. The molecule has 0 aromatic carbocycles. The van der Waals surface area contributed by atoms with E-state index in [-0.39, 0.29) is 5.92 Å². The molecule has 0 bridgehead atoms. The van der Waals surface area contributed by atoms with Crippen LogP contribution in [0.15, 0.2) is 11.6 Å². The number of aliphatic carboxylic acids is 1. The van der Waals surface area contributed by atoms with Crippen LogP contribution >= 0.6 is 0 Å². The highest BCUT2D eigenvalue weighted by atomic mass is 16.4. The summed E-state index contributed by atoms with van der Waals surface area (Å²) in [6.07, 6.45) is 1.97. The Labute approximate surface area is 66.3 Å². The molecule has 0 amide bonds. The highest BCUT2D eigenvalue weighted by molar-refractivity contribution is 5.74. The molecule has 1 rings (SSSR count). The summed E-state index contributed by atoms with van der Waals surface area (Å²) in [7, 11) is 1.93. The van der Waals surface area contributed by atoms with Gasteiger partial charge < -0.3 is 10.0 Å². The molecule has 3 nitrogen and oxygen atoms in total. The molecule has 1 N–H and O–H groups in total. The Morgan fingerprint density at radius 2 is 2.45 bits per heavy atom. The Balaban J connectivity index is 2.71. The van der Waals surface area contributed by atoms with E-state index in [2.05, 4.69) is 0 Å². The molecule has 1 atom stereocenters. The molecule has 0 spiro atoms. The molecule has 0 aliphatic carbocycles. The van der Waals surface area contributed by atoms with Gasteiger partial charge in [-0.25, -0.2) is 0 Å². The first kappa shape index (κ1) is 8.27. The third-order valence-corrected chi connectivity index (χ3v) is 2.07. The Kier molecular flexibility index (Phi) is 2.29. The van der Waals surface area contributed by atoms with Crippen molar-refractivity contribution >= 4 is 5.97 Å². The molecule has 1 aliphatic heterocycles. The Morgan fingerprint density at radius 1 is 1.82 bits per heavy atom. The number of nitrogens with zero attached hydrogens (tertiary/aromatic N) is 1. The summed E-state index contributed by atoms with van der Waals surface area (Å²) in [4.78, 5) is 12.6. The fraction of sp³-hybridized carbons (Fsp3) is 0.625. The first-order valence-corrected chi connectivity index (χ1v) is 3.69. The second kappa shape index (κ2) is 3.05. The number of hydrogen-bond acceptors (Lipinski definition) is 2. The third-order valence-electron chi connectivity index (χ3n) is 2.07. The van der Waals surface area contributed by atoms with E-state index in [1.54, 1.807) is 0 Å². The van der Waals surface area contributed by atoms with Gasteiger partial charge in [-0.2, -0.15) is 0 Å². The Morgan fingerprint density at radius 3 is 2.91 bits per heavy atom. The Hall–Kier alpha value is -0.830. The van der Waals surface area contributed by atoms with Crippen molar-refractivity contribution in [1.29, 1.82) is 0 Å². The van der Waals surface area contributed by atoms with Crippen LogP contribution in [0.4, 0.5) is 0 Å². The van der Waals surface area contributed by atoms with Crippen LogP contribution in [-0.4, -0.2) is 36.1 Å². The number of rotatable bonds is 1. The van der Waals surface area contributed by atoms with Gasteiger partial charge in [0.15, 0.2) is 0 Å². The van der Waals surface area contributed by atoms with Gasteiger partial charge in [0, 0.05) is 13.1 Å². The van der Waals surface area contributed by atoms with Gasteiger partial charge in [-0.1, -0.05) is 11.6 Å². The zero-order valence-electron chi connectivity index (χ0n) is 6.87. The first-order chi connectivity index (χ1) is 5.11. The predicted molar refractivity (Wildman–Crippen MR) is 42.4 cm³/mol. The maximum Gasteiger partial charge on any atom is 0.311 e. The van der Waals surface area contributed by atoms with Gasteiger partial charge in [-0.3, -0.25) is 4.79 Å². The highest BCUT2D eigenvalue weighted by Crippen LogP contribution is 2.16. The van der Waals surface area contributed by atoms with Crippen LogP contribution in [0.1, 0.15) is 6.92 Å². The second-order valence-electron chi connectivity index (χ2n) is 3.06. The predicted octanol–water partition coefficient (Wildman–Crippen LogP) is 0.579. The van der Waals surface area contributed by atoms with Crippen molar-refractivity contribution < 1.29 is 9.90 Å². The number of carboxylic acids is 1. The normalized spacial score (nSPS) is 26.4. The number of carboxylic acid groups (broad SMARTS) is 1. The zero-order chi connectivity index (χ0) is 8.43. The smallest absolute Gasteiger partial charge is 0.311 e. The molecule has 11 heavy (non-hydrogen) atoms. The fourth-order valence-corrected chi connectivity index (χ4v) is 1.25. The van der Waals surface area contributed by atoms with Gasteiger partial charge in [0.1, 0.15) is 0 Å². The van der Waals surface area contributed by atoms with E-state index < -0.39 is 5.97 Å². The lowest BCUT2D eigenvalue weighted by atomic mass is 9.97. The lowest BCUT2D eigenvalue weighted by Crippen LogP contribution is -2.35. The third kappa shape index (κ3) is 1.80. The van der Waals surface area contributed by atoms with Gasteiger partial charge in [0.25, 0.3) is 0 Å². The molecule has 0 fully saturated rings. The lowest BCUT2D eigenvalue weighted by molar-refractivity contribution is -0.141. The van der Waals surface area contributed by atoms with Gasteiger partial charge in [-0.15, -0.1) is 0 Å². The van der Waals surface area contributed by atoms with Gasteiger partial charge in [0.05, 0.1) is 5.92 Å². The van der Waals surface area contributed by atoms with Crippen molar-refractivity contribution in [3.8, 4) is 0 Å².